The van der Waals surface area contributed by atoms with Gasteiger partial charge in [-0.1, -0.05) is 12.1 Å². The Morgan fingerprint density at radius 3 is 2.58 bits per heavy atom. The zero-order valence-electron chi connectivity index (χ0n) is 16.2. The van der Waals surface area contributed by atoms with E-state index >= 15 is 0 Å². The molecule has 2 aromatic rings. The minimum Gasteiger partial charge on any atom is -0.435 e. The molecule has 31 heavy (non-hydrogen) atoms. The topological polar surface area (TPSA) is 154 Å². The summed E-state index contributed by atoms with van der Waals surface area (Å²) in [5.74, 6) is -0.436. The maximum Gasteiger partial charge on any atom is 0.387 e. The number of carbonyl (C=O) groups excluding carboxylic acids is 1. The number of nitrogens with zero attached hydrogens (tertiary/aromatic N) is 1. The fraction of sp³-hybridized carbons (Fsp3) is 0.278. The number of anilines is 1. The number of carbonyl (C=O) groups is 1. The predicted molar refractivity (Wildman–Crippen MR) is 107 cm³/mol. The number of nitro benzene ring substituents is 1. The Bertz CT molecular complexity index is 1060. The predicted octanol–water partition coefficient (Wildman–Crippen LogP) is 2.52. The summed E-state index contributed by atoms with van der Waals surface area (Å²) in [4.78, 5) is 22.2. The fourth-order valence-corrected chi connectivity index (χ4v) is 3.19. The van der Waals surface area contributed by atoms with Crippen LogP contribution in [0.15, 0.2) is 47.4 Å². The van der Waals surface area contributed by atoms with Crippen molar-refractivity contribution in [3.63, 3.8) is 0 Å². The molecule has 13 heteroatoms. The summed E-state index contributed by atoms with van der Waals surface area (Å²) >= 11 is 0. The van der Waals surface area contributed by atoms with Crippen molar-refractivity contribution < 1.29 is 31.7 Å². The lowest BCUT2D eigenvalue weighted by atomic mass is 10.1. The van der Waals surface area contributed by atoms with Gasteiger partial charge in [-0.05, 0) is 36.8 Å². The lowest BCUT2D eigenvalue weighted by Gasteiger charge is -2.16. The quantitative estimate of drug-likeness (QED) is 0.365. The minimum atomic E-state index is -4.11. The van der Waals surface area contributed by atoms with Gasteiger partial charge in [0.2, 0.25) is 15.9 Å². The smallest absolute Gasteiger partial charge is 0.387 e. The second kappa shape index (κ2) is 10.1. The van der Waals surface area contributed by atoms with Crippen LogP contribution in [-0.4, -0.2) is 32.4 Å². The van der Waals surface area contributed by atoms with E-state index in [1.807, 2.05) is 0 Å². The number of primary sulfonamides is 1. The molecule has 0 radical (unpaired) electrons. The molecule has 0 heterocycles. The number of nitro groups is 1. The zero-order chi connectivity index (χ0) is 23.2. The summed E-state index contributed by atoms with van der Waals surface area (Å²) in [5, 5.41) is 21.5. The van der Waals surface area contributed by atoms with Crippen LogP contribution >= 0.6 is 0 Å². The molecule has 1 amide bonds. The maximum absolute atomic E-state index is 12.3. The van der Waals surface area contributed by atoms with E-state index in [0.717, 1.165) is 12.1 Å². The zero-order valence-corrected chi connectivity index (χ0v) is 17.1. The van der Waals surface area contributed by atoms with E-state index in [1.165, 1.54) is 24.3 Å². The molecular weight excluding hydrogens is 438 g/mol. The lowest BCUT2D eigenvalue weighted by Crippen LogP contribution is -2.28. The Balaban J connectivity index is 1.96. The Kier molecular flexibility index (Phi) is 7.83. The second-order valence-corrected chi connectivity index (χ2v) is 7.96. The monoisotopic (exact) mass is 458 g/mol. The van der Waals surface area contributed by atoms with Crippen LogP contribution in [0.3, 0.4) is 0 Å². The largest absolute Gasteiger partial charge is 0.435 e. The highest BCUT2D eigenvalue weighted by atomic mass is 32.2. The van der Waals surface area contributed by atoms with Gasteiger partial charge in [0.1, 0.15) is 11.4 Å². The Hall–Kier alpha value is -3.32. The highest BCUT2D eigenvalue weighted by Gasteiger charge is 2.19. The standard InChI is InChI=1S/C18H20F2N4O6S/c1-11(12-3-2-4-13(9-12)30-18(19)20)23-17(25)7-8-22-15-6-5-14(31(21,28)29)10-16(15)24(26)27/h2-6,9-11,18,22H,7-8H2,1H3,(H,23,25)(H2,21,28,29). The van der Waals surface area contributed by atoms with Crippen LogP contribution in [-0.2, 0) is 14.8 Å². The number of amides is 1. The van der Waals surface area contributed by atoms with Crippen molar-refractivity contribution >= 4 is 27.3 Å². The molecule has 0 bridgehead atoms. The second-order valence-electron chi connectivity index (χ2n) is 6.40. The average molecular weight is 458 g/mol. The van der Waals surface area contributed by atoms with Crippen LogP contribution in [0.4, 0.5) is 20.2 Å². The third-order valence-electron chi connectivity index (χ3n) is 4.12. The van der Waals surface area contributed by atoms with Gasteiger partial charge >= 0.3 is 6.61 Å². The van der Waals surface area contributed by atoms with Gasteiger partial charge in [0.05, 0.1) is 15.9 Å². The molecule has 2 aromatic carbocycles. The van der Waals surface area contributed by atoms with Crippen molar-refractivity contribution in [1.82, 2.24) is 5.32 Å². The normalized spacial score (nSPS) is 12.3. The summed E-state index contributed by atoms with van der Waals surface area (Å²) in [6.07, 6.45) is -0.0638. The molecular formula is C18H20F2N4O6S. The molecule has 0 aliphatic carbocycles. The van der Waals surface area contributed by atoms with Gasteiger partial charge in [0.25, 0.3) is 5.69 Å². The first-order chi connectivity index (χ1) is 14.5. The first-order valence-corrected chi connectivity index (χ1v) is 10.4. The van der Waals surface area contributed by atoms with Gasteiger partial charge in [-0.3, -0.25) is 14.9 Å². The number of benzene rings is 2. The number of hydrogen-bond donors (Lipinski definition) is 3. The van der Waals surface area contributed by atoms with E-state index in [4.69, 9.17) is 5.14 Å². The first-order valence-electron chi connectivity index (χ1n) is 8.86. The number of ether oxygens (including phenoxy) is 1. The fourth-order valence-electron chi connectivity index (χ4n) is 2.66. The van der Waals surface area contributed by atoms with Crippen molar-refractivity contribution in [3.05, 3.63) is 58.1 Å². The molecule has 1 atom stereocenters. The van der Waals surface area contributed by atoms with Crippen LogP contribution in [0.5, 0.6) is 5.75 Å². The van der Waals surface area contributed by atoms with E-state index in [2.05, 4.69) is 15.4 Å². The van der Waals surface area contributed by atoms with Crippen LogP contribution in [0, 0.1) is 10.1 Å². The molecule has 10 nitrogen and oxygen atoms in total. The van der Waals surface area contributed by atoms with Gasteiger partial charge in [-0.15, -0.1) is 0 Å². The molecule has 168 valence electrons. The summed E-state index contributed by atoms with van der Waals surface area (Å²) in [7, 11) is -4.11. The van der Waals surface area contributed by atoms with Crippen molar-refractivity contribution in [2.24, 2.45) is 5.14 Å². The molecule has 0 aromatic heterocycles. The van der Waals surface area contributed by atoms with Crippen LogP contribution in [0.2, 0.25) is 0 Å². The molecule has 0 spiro atoms. The maximum atomic E-state index is 12.3. The number of nitrogens with one attached hydrogen (secondary N) is 2. The first kappa shape index (κ1) is 24.0. The van der Waals surface area contributed by atoms with E-state index in [9.17, 15) is 32.1 Å². The highest BCUT2D eigenvalue weighted by molar-refractivity contribution is 7.89. The lowest BCUT2D eigenvalue weighted by molar-refractivity contribution is -0.384. The minimum absolute atomic E-state index is 0.0165. The van der Waals surface area contributed by atoms with Crippen molar-refractivity contribution in [2.75, 3.05) is 11.9 Å². The van der Waals surface area contributed by atoms with Gasteiger partial charge < -0.3 is 15.4 Å². The highest BCUT2D eigenvalue weighted by Crippen LogP contribution is 2.27. The number of sulfonamides is 1. The summed E-state index contributed by atoms with van der Waals surface area (Å²) in [6, 6.07) is 8.52. The average Bonchev–Trinajstić information content (AvgIpc) is 2.66. The van der Waals surface area contributed by atoms with Crippen LogP contribution in [0.25, 0.3) is 0 Å². The number of hydrogen-bond acceptors (Lipinski definition) is 7. The third-order valence-corrected chi connectivity index (χ3v) is 5.03. The van der Waals surface area contributed by atoms with Gasteiger partial charge in [-0.25, -0.2) is 13.6 Å². The molecule has 0 saturated carbocycles. The number of rotatable bonds is 10. The summed E-state index contributed by atoms with van der Waals surface area (Å²) < 4.78 is 51.7. The Morgan fingerprint density at radius 2 is 1.97 bits per heavy atom. The molecule has 0 aliphatic heterocycles. The van der Waals surface area contributed by atoms with Crippen molar-refractivity contribution in [1.29, 1.82) is 0 Å². The molecule has 4 N–H and O–H groups in total. The summed E-state index contributed by atoms with van der Waals surface area (Å²) in [5.41, 5.74) is 0.0694. The van der Waals surface area contributed by atoms with E-state index < -0.39 is 44.1 Å². The Labute approximate surface area is 176 Å². The van der Waals surface area contributed by atoms with Gasteiger partial charge in [0.15, 0.2) is 0 Å². The Morgan fingerprint density at radius 1 is 1.26 bits per heavy atom. The molecule has 0 saturated heterocycles. The SMILES string of the molecule is CC(NC(=O)CCNc1ccc(S(N)(=O)=O)cc1[N+](=O)[O-])c1cccc(OC(F)F)c1. The van der Waals surface area contributed by atoms with Crippen LogP contribution < -0.4 is 20.5 Å². The van der Waals surface area contributed by atoms with Crippen molar-refractivity contribution in [3.8, 4) is 5.75 Å². The number of halogens is 2. The van der Waals surface area contributed by atoms with Crippen LogP contribution in [0.1, 0.15) is 24.9 Å². The van der Waals surface area contributed by atoms with Gasteiger partial charge in [-0.2, -0.15) is 8.78 Å². The molecule has 2 rings (SSSR count). The van der Waals surface area contributed by atoms with E-state index in [0.29, 0.717) is 5.56 Å². The molecule has 0 fully saturated rings. The van der Waals surface area contributed by atoms with E-state index in [1.54, 1.807) is 13.0 Å². The van der Waals surface area contributed by atoms with Crippen molar-refractivity contribution in [2.45, 2.75) is 30.9 Å². The van der Waals surface area contributed by atoms with Gasteiger partial charge in [0, 0.05) is 19.0 Å². The molecule has 0 aliphatic rings. The number of alkyl halides is 2. The third kappa shape index (κ3) is 7.15. The van der Waals surface area contributed by atoms with E-state index in [-0.39, 0.29) is 24.4 Å². The summed E-state index contributed by atoms with van der Waals surface area (Å²) in [6.45, 7) is -1.29. The molecule has 1 unspecified atom stereocenters. The number of nitrogens with two attached hydrogens (primary N) is 1.